The van der Waals surface area contributed by atoms with Gasteiger partial charge in [0.25, 0.3) is 5.91 Å². The van der Waals surface area contributed by atoms with E-state index in [1.54, 1.807) is 7.11 Å². The molecule has 8 heteroatoms. The maximum atomic E-state index is 14.2. The summed E-state index contributed by atoms with van der Waals surface area (Å²) in [4.78, 5) is 33.4. The minimum atomic E-state index is -0.148. The van der Waals surface area contributed by atoms with Gasteiger partial charge in [0.15, 0.2) is 0 Å². The number of hydrogen-bond acceptors (Lipinski definition) is 6. The topological polar surface area (TPSA) is 74.4 Å². The molecule has 1 N–H and O–H groups in total. The average Bonchev–Trinajstić information content (AvgIpc) is 2.94. The van der Waals surface area contributed by atoms with Crippen molar-refractivity contribution in [3.05, 3.63) is 42.1 Å². The molecule has 2 fully saturated rings. The standard InChI is InChI=1S/C30H48N4O4/c1-6-10-25-11-7-8-12-28(25)33(13-9-16-37-5)24(4)29(35)34(22-23(2)3)27-19-26(20-31-21-27)30(36)32-14-17-38-18-15-32/h7-8,11-12,23,26-27,31H,4,6,9-10,13-22H2,1-3,5H3. The maximum Gasteiger partial charge on any atom is 0.270 e. The van der Waals surface area contributed by atoms with Crippen LogP contribution >= 0.6 is 0 Å². The summed E-state index contributed by atoms with van der Waals surface area (Å²) in [6.45, 7) is 16.4. The first-order valence-electron chi connectivity index (χ1n) is 14.3. The highest BCUT2D eigenvalue weighted by Gasteiger charge is 2.36. The van der Waals surface area contributed by atoms with Crippen molar-refractivity contribution >= 4 is 17.5 Å². The zero-order chi connectivity index (χ0) is 27.5. The first-order valence-corrected chi connectivity index (χ1v) is 14.3. The van der Waals surface area contributed by atoms with Gasteiger partial charge in [-0.15, -0.1) is 0 Å². The molecular weight excluding hydrogens is 480 g/mol. The summed E-state index contributed by atoms with van der Waals surface area (Å²) in [7, 11) is 1.70. The summed E-state index contributed by atoms with van der Waals surface area (Å²) in [5.74, 6) is 0.242. The Bertz CT molecular complexity index is 915. The van der Waals surface area contributed by atoms with Crippen molar-refractivity contribution in [1.82, 2.24) is 15.1 Å². The van der Waals surface area contributed by atoms with Gasteiger partial charge in [-0.25, -0.2) is 0 Å². The number of amides is 2. The highest BCUT2D eigenvalue weighted by Crippen LogP contribution is 2.28. The molecule has 0 saturated carbocycles. The van der Waals surface area contributed by atoms with Crippen molar-refractivity contribution in [2.45, 2.75) is 52.5 Å². The third kappa shape index (κ3) is 8.04. The Balaban J connectivity index is 1.83. The van der Waals surface area contributed by atoms with Crippen LogP contribution in [-0.2, 0) is 25.5 Å². The zero-order valence-electron chi connectivity index (χ0n) is 23.9. The molecular formula is C30H48N4O4. The van der Waals surface area contributed by atoms with E-state index in [2.05, 4.69) is 55.8 Å². The van der Waals surface area contributed by atoms with Gasteiger partial charge in [0.1, 0.15) is 0 Å². The molecule has 38 heavy (non-hydrogen) atoms. The molecule has 0 aliphatic carbocycles. The number of benzene rings is 1. The summed E-state index contributed by atoms with van der Waals surface area (Å²) in [5, 5.41) is 3.45. The van der Waals surface area contributed by atoms with E-state index in [1.807, 2.05) is 15.9 Å². The molecule has 212 valence electrons. The van der Waals surface area contributed by atoms with E-state index in [9.17, 15) is 9.59 Å². The number of nitrogens with one attached hydrogen (secondary N) is 1. The number of carbonyl (C=O) groups is 2. The molecule has 2 saturated heterocycles. The summed E-state index contributed by atoms with van der Waals surface area (Å²) in [5.41, 5.74) is 2.73. The number of para-hydroxylation sites is 1. The van der Waals surface area contributed by atoms with Crippen molar-refractivity contribution in [1.29, 1.82) is 0 Å². The number of methoxy groups -OCH3 is 1. The van der Waals surface area contributed by atoms with E-state index in [0.717, 1.165) is 24.9 Å². The Kier molecular flexibility index (Phi) is 12.1. The lowest BCUT2D eigenvalue weighted by atomic mass is 9.92. The fraction of sp³-hybridized carbons (Fsp3) is 0.667. The number of hydrogen-bond donors (Lipinski definition) is 1. The van der Waals surface area contributed by atoms with Crippen LogP contribution in [0.5, 0.6) is 0 Å². The fourth-order valence-electron chi connectivity index (χ4n) is 5.48. The second kappa shape index (κ2) is 15.2. The summed E-state index contributed by atoms with van der Waals surface area (Å²) >= 11 is 0. The Morgan fingerprint density at radius 2 is 1.95 bits per heavy atom. The number of nitrogens with zero attached hydrogens (tertiary/aromatic N) is 3. The maximum absolute atomic E-state index is 14.2. The van der Waals surface area contributed by atoms with Crippen molar-refractivity contribution in [3.63, 3.8) is 0 Å². The highest BCUT2D eigenvalue weighted by molar-refractivity contribution is 5.97. The minimum Gasteiger partial charge on any atom is -0.385 e. The predicted molar refractivity (Wildman–Crippen MR) is 152 cm³/mol. The smallest absolute Gasteiger partial charge is 0.270 e. The van der Waals surface area contributed by atoms with Gasteiger partial charge in [0.2, 0.25) is 5.91 Å². The lowest BCUT2D eigenvalue weighted by Gasteiger charge is -2.41. The zero-order valence-corrected chi connectivity index (χ0v) is 23.9. The lowest BCUT2D eigenvalue weighted by Crippen LogP contribution is -2.56. The molecule has 1 aromatic carbocycles. The largest absolute Gasteiger partial charge is 0.385 e. The molecule has 2 heterocycles. The van der Waals surface area contributed by atoms with Crippen LogP contribution in [0.25, 0.3) is 0 Å². The first-order chi connectivity index (χ1) is 18.4. The summed E-state index contributed by atoms with van der Waals surface area (Å²) in [6.07, 6.45) is 3.40. The quantitative estimate of drug-likeness (QED) is 0.313. The van der Waals surface area contributed by atoms with Gasteiger partial charge in [-0.3, -0.25) is 9.59 Å². The first kappa shape index (κ1) is 30.1. The van der Waals surface area contributed by atoms with Crippen LogP contribution in [0.2, 0.25) is 0 Å². The molecule has 1 aromatic rings. The third-order valence-corrected chi connectivity index (χ3v) is 7.37. The van der Waals surface area contributed by atoms with Crippen LogP contribution in [-0.4, -0.2) is 93.9 Å². The van der Waals surface area contributed by atoms with Crippen LogP contribution in [0.4, 0.5) is 5.69 Å². The number of ether oxygens (including phenoxy) is 2. The van der Waals surface area contributed by atoms with Gasteiger partial charge < -0.3 is 29.5 Å². The van der Waals surface area contributed by atoms with Crippen LogP contribution in [0, 0.1) is 11.8 Å². The van der Waals surface area contributed by atoms with E-state index < -0.39 is 0 Å². The van der Waals surface area contributed by atoms with Crippen molar-refractivity contribution in [3.8, 4) is 0 Å². The molecule has 0 spiro atoms. The van der Waals surface area contributed by atoms with Crippen LogP contribution in [0.3, 0.4) is 0 Å². The van der Waals surface area contributed by atoms with Gasteiger partial charge >= 0.3 is 0 Å². The monoisotopic (exact) mass is 528 g/mol. The molecule has 8 nitrogen and oxygen atoms in total. The molecule has 0 bridgehead atoms. The van der Waals surface area contributed by atoms with Crippen molar-refractivity contribution in [2.24, 2.45) is 11.8 Å². The van der Waals surface area contributed by atoms with Gasteiger partial charge in [-0.1, -0.05) is 52.0 Å². The van der Waals surface area contributed by atoms with Crippen LogP contribution < -0.4 is 10.2 Å². The van der Waals surface area contributed by atoms with Crippen LogP contribution in [0.1, 0.15) is 45.6 Å². The Hall–Kier alpha value is -2.42. The number of piperidine rings is 1. The number of carbonyl (C=O) groups excluding carboxylic acids is 2. The number of morpholine rings is 1. The Morgan fingerprint density at radius 3 is 2.63 bits per heavy atom. The Morgan fingerprint density at radius 1 is 1.21 bits per heavy atom. The third-order valence-electron chi connectivity index (χ3n) is 7.37. The van der Waals surface area contributed by atoms with Gasteiger partial charge in [-0.2, -0.15) is 0 Å². The summed E-state index contributed by atoms with van der Waals surface area (Å²) in [6, 6.07) is 8.23. The molecule has 2 unspecified atom stereocenters. The van der Waals surface area contributed by atoms with Gasteiger partial charge in [0, 0.05) is 64.7 Å². The second-order valence-electron chi connectivity index (χ2n) is 10.9. The average molecular weight is 529 g/mol. The van der Waals surface area contributed by atoms with E-state index in [-0.39, 0.29) is 29.7 Å². The number of anilines is 1. The molecule has 2 aliphatic heterocycles. The second-order valence-corrected chi connectivity index (χ2v) is 10.9. The molecule has 3 rings (SSSR count). The van der Waals surface area contributed by atoms with Crippen molar-refractivity contribution in [2.75, 3.05) is 71.1 Å². The minimum absolute atomic E-state index is 0.0614. The normalized spacial score (nSPS) is 19.9. The van der Waals surface area contributed by atoms with Crippen molar-refractivity contribution < 1.29 is 19.1 Å². The Labute approximate surface area is 229 Å². The highest BCUT2D eigenvalue weighted by atomic mass is 16.5. The number of aryl methyl sites for hydroxylation is 1. The lowest BCUT2D eigenvalue weighted by molar-refractivity contribution is -0.142. The molecule has 2 atom stereocenters. The fourth-order valence-corrected chi connectivity index (χ4v) is 5.48. The molecule has 0 aromatic heterocycles. The SMILES string of the molecule is C=C(C(=O)N(CC(C)C)C1CNCC(C(=O)N2CCOCC2)C1)N(CCCOC)c1ccccc1CCC. The van der Waals surface area contributed by atoms with Gasteiger partial charge in [-0.05, 0) is 36.8 Å². The van der Waals surface area contributed by atoms with E-state index in [4.69, 9.17) is 9.47 Å². The summed E-state index contributed by atoms with van der Waals surface area (Å²) < 4.78 is 10.8. The molecule has 2 amide bonds. The van der Waals surface area contributed by atoms with E-state index in [0.29, 0.717) is 71.2 Å². The predicted octanol–water partition coefficient (Wildman–Crippen LogP) is 3.32. The molecule has 0 radical (unpaired) electrons. The van der Waals surface area contributed by atoms with E-state index >= 15 is 0 Å². The molecule has 2 aliphatic rings. The van der Waals surface area contributed by atoms with Gasteiger partial charge in [0.05, 0.1) is 24.8 Å². The van der Waals surface area contributed by atoms with Crippen LogP contribution in [0.15, 0.2) is 36.5 Å². The number of rotatable bonds is 13. The van der Waals surface area contributed by atoms with E-state index in [1.165, 1.54) is 5.56 Å².